The van der Waals surface area contributed by atoms with E-state index in [2.05, 4.69) is 0 Å². The van der Waals surface area contributed by atoms with Crippen molar-refractivity contribution in [3.63, 3.8) is 0 Å². The topological polar surface area (TPSA) is 98.0 Å². The lowest BCUT2D eigenvalue weighted by Gasteiger charge is -2.19. The Kier molecular flexibility index (Phi) is 2.38. The van der Waals surface area contributed by atoms with Gasteiger partial charge in [0.25, 0.3) is 5.53 Å². The highest BCUT2D eigenvalue weighted by atomic mass is 31.2. The lowest BCUT2D eigenvalue weighted by molar-refractivity contribution is -0.105. The zero-order valence-electron chi connectivity index (χ0n) is 4.85. The zero-order chi connectivity index (χ0) is 7.71. The summed E-state index contributed by atoms with van der Waals surface area (Å²) in [6.45, 7) is 1.26. The van der Waals surface area contributed by atoms with Crippen molar-refractivity contribution in [1.29, 1.82) is 0 Å². The van der Waals surface area contributed by atoms with Crippen LogP contribution < -0.4 is 0 Å². The summed E-state index contributed by atoms with van der Waals surface area (Å²) in [6.07, 6.45) is -0.392. The molecule has 0 amide bonds. The summed E-state index contributed by atoms with van der Waals surface area (Å²) in [4.78, 5) is 16.3. The number of aliphatic hydroxyl groups is 2. The van der Waals surface area contributed by atoms with Crippen LogP contribution in [0, 0.1) is 0 Å². The Morgan fingerprint density at radius 1 is 1.44 bits per heavy atom. The van der Waals surface area contributed by atoms with Gasteiger partial charge in [-0.15, -0.1) is 0 Å². The Morgan fingerprint density at radius 2 is 1.78 bits per heavy atom. The minimum atomic E-state index is -4.76. The molecular formula is C3H9O5P. The van der Waals surface area contributed by atoms with Crippen molar-refractivity contribution in [1.82, 2.24) is 0 Å². The molecular weight excluding hydrogens is 147 g/mol. The molecule has 4 N–H and O–H groups in total. The molecule has 0 atom stereocenters. The van der Waals surface area contributed by atoms with Crippen LogP contribution in [0.4, 0.5) is 0 Å². The van der Waals surface area contributed by atoms with Crippen molar-refractivity contribution in [2.24, 2.45) is 0 Å². The molecule has 56 valence electrons. The highest BCUT2D eigenvalue weighted by Gasteiger charge is 2.41. The van der Waals surface area contributed by atoms with Gasteiger partial charge in [0.2, 0.25) is 0 Å². The number of hydrogen-bond donors (Lipinski definition) is 4. The Hall–Kier alpha value is 0.0700. The molecule has 0 aromatic carbocycles. The predicted molar refractivity (Wildman–Crippen MR) is 29.5 cm³/mol. The van der Waals surface area contributed by atoms with E-state index in [1.54, 1.807) is 0 Å². The van der Waals surface area contributed by atoms with Gasteiger partial charge in [0, 0.05) is 6.42 Å². The molecule has 5 nitrogen and oxygen atoms in total. The van der Waals surface area contributed by atoms with Crippen LogP contribution in [0.1, 0.15) is 13.3 Å². The minimum Gasteiger partial charge on any atom is -0.356 e. The average Bonchev–Trinajstić information content (AvgIpc) is 1.64. The molecule has 0 bridgehead atoms. The van der Waals surface area contributed by atoms with E-state index in [-0.39, 0.29) is 0 Å². The minimum absolute atomic E-state index is 0.392. The zero-order valence-corrected chi connectivity index (χ0v) is 5.75. The van der Waals surface area contributed by atoms with Crippen LogP contribution in [0.3, 0.4) is 0 Å². The van der Waals surface area contributed by atoms with Gasteiger partial charge in [-0.25, -0.2) is 0 Å². The SMILES string of the molecule is CCC(O)(O)P(=O)(O)O. The van der Waals surface area contributed by atoms with Gasteiger partial charge >= 0.3 is 7.60 Å². The Labute approximate surface area is 52.1 Å². The molecule has 0 aromatic rings. The first-order valence-corrected chi connectivity index (χ1v) is 3.93. The molecule has 0 unspecified atom stereocenters. The van der Waals surface area contributed by atoms with Crippen LogP contribution >= 0.6 is 7.60 Å². The van der Waals surface area contributed by atoms with Crippen LogP contribution in [0.15, 0.2) is 0 Å². The van der Waals surface area contributed by atoms with Crippen molar-refractivity contribution in [2.45, 2.75) is 18.9 Å². The molecule has 0 saturated heterocycles. The summed E-state index contributed by atoms with van der Waals surface area (Å²) in [5, 5.41) is 16.9. The molecule has 0 spiro atoms. The first-order chi connectivity index (χ1) is 3.81. The summed E-state index contributed by atoms with van der Waals surface area (Å²) in [5.74, 6) is 0. The van der Waals surface area contributed by atoms with E-state index in [4.69, 9.17) is 20.0 Å². The number of rotatable bonds is 2. The molecule has 0 fully saturated rings. The van der Waals surface area contributed by atoms with Crippen LogP contribution in [-0.2, 0) is 4.57 Å². The first-order valence-electron chi connectivity index (χ1n) is 2.31. The second-order valence-corrected chi connectivity index (χ2v) is 3.48. The normalized spacial score (nSPS) is 13.9. The highest BCUT2D eigenvalue weighted by Crippen LogP contribution is 2.48. The van der Waals surface area contributed by atoms with E-state index in [1.807, 2.05) is 0 Å². The van der Waals surface area contributed by atoms with E-state index >= 15 is 0 Å². The third kappa shape index (κ3) is 2.04. The second kappa shape index (κ2) is 2.36. The predicted octanol–water partition coefficient (Wildman–Crippen LogP) is -0.788. The van der Waals surface area contributed by atoms with E-state index < -0.39 is 19.5 Å². The van der Waals surface area contributed by atoms with Crippen LogP contribution in [0.2, 0.25) is 0 Å². The highest BCUT2D eigenvalue weighted by molar-refractivity contribution is 7.53. The van der Waals surface area contributed by atoms with Crippen LogP contribution in [-0.4, -0.2) is 25.5 Å². The number of hydrogen-bond acceptors (Lipinski definition) is 3. The molecule has 6 heteroatoms. The van der Waals surface area contributed by atoms with E-state index in [0.29, 0.717) is 0 Å². The lowest BCUT2D eigenvalue weighted by Crippen LogP contribution is -2.26. The van der Waals surface area contributed by atoms with Gasteiger partial charge in [-0.1, -0.05) is 6.92 Å². The monoisotopic (exact) mass is 156 g/mol. The van der Waals surface area contributed by atoms with Crippen molar-refractivity contribution >= 4 is 7.60 Å². The van der Waals surface area contributed by atoms with Crippen molar-refractivity contribution in [3.05, 3.63) is 0 Å². The molecule has 9 heavy (non-hydrogen) atoms. The molecule has 0 rings (SSSR count). The maximum atomic E-state index is 10.1. The summed E-state index contributed by atoms with van der Waals surface area (Å²) in [7, 11) is -4.76. The quantitative estimate of drug-likeness (QED) is 0.310. The van der Waals surface area contributed by atoms with Gasteiger partial charge in [0.05, 0.1) is 0 Å². The van der Waals surface area contributed by atoms with E-state index in [0.717, 1.165) is 0 Å². The fraction of sp³-hybridized carbons (Fsp3) is 1.00. The second-order valence-electron chi connectivity index (χ2n) is 1.67. The Morgan fingerprint density at radius 3 is 1.78 bits per heavy atom. The molecule has 0 heterocycles. The van der Waals surface area contributed by atoms with Crippen LogP contribution in [0.5, 0.6) is 0 Å². The van der Waals surface area contributed by atoms with Gasteiger partial charge < -0.3 is 20.0 Å². The standard InChI is InChI=1S/C3H9O5P/c1-2-3(4,5)9(6,7)8/h4-5H,2H2,1H3,(H2,6,7,8). The fourth-order valence-corrected chi connectivity index (χ4v) is 0.618. The molecule has 0 aliphatic carbocycles. The van der Waals surface area contributed by atoms with E-state index in [1.165, 1.54) is 6.92 Å². The van der Waals surface area contributed by atoms with Crippen molar-refractivity contribution in [2.75, 3.05) is 0 Å². The average molecular weight is 156 g/mol. The van der Waals surface area contributed by atoms with Gasteiger partial charge in [0.1, 0.15) is 0 Å². The van der Waals surface area contributed by atoms with Gasteiger partial charge in [-0.2, -0.15) is 0 Å². The molecule has 0 aromatic heterocycles. The Balaban J connectivity index is 4.34. The first kappa shape index (κ1) is 9.07. The Bertz CT molecular complexity index is 135. The summed E-state index contributed by atoms with van der Waals surface area (Å²) in [6, 6.07) is 0. The summed E-state index contributed by atoms with van der Waals surface area (Å²) >= 11 is 0. The third-order valence-corrected chi connectivity index (χ3v) is 2.19. The summed E-state index contributed by atoms with van der Waals surface area (Å²) in [5.41, 5.74) is -2.85. The largest absolute Gasteiger partial charge is 0.384 e. The van der Waals surface area contributed by atoms with Gasteiger partial charge in [-0.3, -0.25) is 4.57 Å². The van der Waals surface area contributed by atoms with Crippen LogP contribution in [0.25, 0.3) is 0 Å². The maximum Gasteiger partial charge on any atom is 0.384 e. The smallest absolute Gasteiger partial charge is 0.356 e. The van der Waals surface area contributed by atoms with E-state index in [9.17, 15) is 4.57 Å². The third-order valence-electron chi connectivity index (χ3n) is 0.941. The molecule has 0 aliphatic heterocycles. The molecule has 0 radical (unpaired) electrons. The van der Waals surface area contributed by atoms with Crippen molar-refractivity contribution < 1.29 is 24.6 Å². The van der Waals surface area contributed by atoms with Crippen molar-refractivity contribution in [3.8, 4) is 0 Å². The molecule has 0 saturated carbocycles. The van der Waals surface area contributed by atoms with Gasteiger partial charge in [0.15, 0.2) is 0 Å². The lowest BCUT2D eigenvalue weighted by atomic mass is 10.5. The fourth-order valence-electron chi connectivity index (χ4n) is 0.206. The summed E-state index contributed by atoms with van der Waals surface area (Å²) < 4.78 is 10.1. The molecule has 0 aliphatic rings. The maximum absolute atomic E-state index is 10.1. The van der Waals surface area contributed by atoms with Gasteiger partial charge in [-0.05, 0) is 0 Å².